The molecule has 6 nitrogen and oxygen atoms in total. The van der Waals surface area contributed by atoms with Gasteiger partial charge in [0.15, 0.2) is 0 Å². The van der Waals surface area contributed by atoms with Crippen molar-refractivity contribution in [1.29, 1.82) is 0 Å². The van der Waals surface area contributed by atoms with Crippen LogP contribution in [-0.4, -0.2) is 48.1 Å². The lowest BCUT2D eigenvalue weighted by molar-refractivity contribution is 0.147. The molecule has 30 heavy (non-hydrogen) atoms. The average Bonchev–Trinajstić information content (AvgIpc) is 2.69. The Balaban J connectivity index is 0.00000160. The Labute approximate surface area is 195 Å². The van der Waals surface area contributed by atoms with E-state index in [1.165, 1.54) is 6.26 Å². The minimum atomic E-state index is -0.267. The lowest BCUT2D eigenvalue weighted by Gasteiger charge is -2.32. The molecule has 1 fully saturated rings. The molecule has 0 amide bonds. The van der Waals surface area contributed by atoms with E-state index >= 15 is 0 Å². The fourth-order valence-corrected chi connectivity index (χ4v) is 3.69. The van der Waals surface area contributed by atoms with Gasteiger partial charge in [-0.15, -0.1) is 24.8 Å². The fourth-order valence-electron chi connectivity index (χ4n) is 3.33. The lowest BCUT2D eigenvalue weighted by Crippen LogP contribution is -2.43. The van der Waals surface area contributed by atoms with Crippen molar-refractivity contribution in [1.82, 2.24) is 9.80 Å². The molecule has 162 valence electrons. The molecule has 0 aliphatic carbocycles. The topological polar surface area (TPSA) is 66.2 Å². The first-order valence-electron chi connectivity index (χ1n) is 9.12. The molecule has 1 aliphatic heterocycles. The van der Waals surface area contributed by atoms with Crippen LogP contribution in [0.3, 0.4) is 0 Å². The Morgan fingerprint density at radius 3 is 2.47 bits per heavy atom. The van der Waals surface area contributed by atoms with Gasteiger partial charge in [-0.2, -0.15) is 0 Å². The summed E-state index contributed by atoms with van der Waals surface area (Å²) in [6, 6.07) is 10.4. The summed E-state index contributed by atoms with van der Waals surface area (Å²) in [6.07, 6.45) is 1.32. The van der Waals surface area contributed by atoms with E-state index in [9.17, 15) is 9.90 Å². The molecule has 2 aromatic carbocycles. The highest BCUT2D eigenvalue weighted by Crippen LogP contribution is 2.31. The van der Waals surface area contributed by atoms with Gasteiger partial charge in [-0.25, -0.2) is 0 Å². The molecule has 0 spiro atoms. The molecule has 2 heterocycles. The van der Waals surface area contributed by atoms with Gasteiger partial charge in [-0.3, -0.25) is 9.69 Å². The Bertz CT molecular complexity index is 1070. The highest BCUT2D eigenvalue weighted by atomic mass is 79.9. The number of hydrogen-bond acceptors (Lipinski definition) is 6. The highest BCUT2D eigenvalue weighted by Gasteiger charge is 2.20. The number of halogens is 3. The summed E-state index contributed by atoms with van der Waals surface area (Å²) < 4.78 is 12.3. The maximum absolute atomic E-state index is 12.9. The van der Waals surface area contributed by atoms with E-state index in [1.54, 1.807) is 18.2 Å². The van der Waals surface area contributed by atoms with Gasteiger partial charge in [0.2, 0.25) is 11.2 Å². The minimum Gasteiger partial charge on any atom is -0.507 e. The summed E-state index contributed by atoms with van der Waals surface area (Å²) in [5.41, 5.74) is 0.770. The zero-order valence-electron chi connectivity index (χ0n) is 16.3. The molecule has 0 unspecified atom stereocenters. The first kappa shape index (κ1) is 24.5. The van der Waals surface area contributed by atoms with Gasteiger partial charge in [-0.1, -0.05) is 12.1 Å². The van der Waals surface area contributed by atoms with Crippen molar-refractivity contribution in [2.75, 3.05) is 33.2 Å². The average molecular weight is 518 g/mol. The number of fused-ring (bicyclic) bond motifs is 1. The third-order valence-electron chi connectivity index (χ3n) is 5.02. The molecule has 1 saturated heterocycles. The third-order valence-corrected chi connectivity index (χ3v) is 5.68. The Kier molecular flexibility index (Phi) is 8.58. The number of phenols is 1. The Morgan fingerprint density at radius 2 is 1.77 bits per heavy atom. The first-order valence-corrected chi connectivity index (χ1v) is 9.92. The second kappa shape index (κ2) is 10.5. The number of hydrogen-bond donors (Lipinski definition) is 1. The van der Waals surface area contributed by atoms with Crippen LogP contribution < -0.4 is 10.2 Å². The smallest absolute Gasteiger partial charge is 0.235 e. The molecule has 3 aromatic rings. The SMILES string of the molecule is CN1CCN(Cc2c(O)ccc3c(=O)c(Oc4ccccc4Br)coc23)CC1.Cl.Cl. The van der Waals surface area contributed by atoms with E-state index in [0.717, 1.165) is 30.7 Å². The predicted molar refractivity (Wildman–Crippen MR) is 126 cm³/mol. The number of para-hydroxylation sites is 1. The second-order valence-electron chi connectivity index (χ2n) is 6.98. The van der Waals surface area contributed by atoms with Crippen LogP contribution in [0.15, 0.2) is 56.3 Å². The van der Waals surface area contributed by atoms with Crippen LogP contribution in [0, 0.1) is 0 Å². The molecule has 0 saturated carbocycles. The van der Waals surface area contributed by atoms with Crippen LogP contribution in [0.2, 0.25) is 0 Å². The monoisotopic (exact) mass is 516 g/mol. The summed E-state index contributed by atoms with van der Waals surface area (Å²) in [4.78, 5) is 17.5. The predicted octanol–water partition coefficient (Wildman–Crippen LogP) is 4.64. The van der Waals surface area contributed by atoms with Crippen LogP contribution in [0.4, 0.5) is 0 Å². The summed E-state index contributed by atoms with van der Waals surface area (Å²) in [5.74, 6) is 0.773. The minimum absolute atomic E-state index is 0. The van der Waals surface area contributed by atoms with Crippen LogP contribution >= 0.6 is 40.7 Å². The van der Waals surface area contributed by atoms with E-state index < -0.39 is 0 Å². The van der Waals surface area contributed by atoms with Gasteiger partial charge in [0.1, 0.15) is 23.3 Å². The number of phenolic OH excluding ortho intramolecular Hbond substituents is 1. The van der Waals surface area contributed by atoms with Crippen molar-refractivity contribution in [3.05, 3.63) is 62.9 Å². The maximum Gasteiger partial charge on any atom is 0.235 e. The number of aromatic hydroxyl groups is 1. The van der Waals surface area contributed by atoms with Crippen molar-refractivity contribution >= 4 is 51.7 Å². The summed E-state index contributed by atoms with van der Waals surface area (Å²) in [7, 11) is 2.10. The van der Waals surface area contributed by atoms with Crippen molar-refractivity contribution in [2.45, 2.75) is 6.54 Å². The van der Waals surface area contributed by atoms with Crippen LogP contribution in [0.5, 0.6) is 17.2 Å². The fraction of sp³-hybridized carbons (Fsp3) is 0.286. The normalized spacial score (nSPS) is 14.7. The van der Waals surface area contributed by atoms with Crippen molar-refractivity contribution in [3.63, 3.8) is 0 Å². The maximum atomic E-state index is 12.9. The Morgan fingerprint density at radius 1 is 1.07 bits per heavy atom. The standard InChI is InChI=1S/C21H21BrN2O4.2ClH/c1-23-8-10-24(11-9-23)12-15-17(25)7-6-14-20(26)19(13-27-21(14)15)28-18-5-3-2-4-16(18)22;;/h2-7,13,25H,8-12H2,1H3;2*1H. The molecule has 1 N–H and O–H groups in total. The second-order valence-corrected chi connectivity index (χ2v) is 7.84. The van der Waals surface area contributed by atoms with Gasteiger partial charge < -0.3 is 19.2 Å². The number of nitrogens with zero attached hydrogens (tertiary/aromatic N) is 2. The van der Waals surface area contributed by atoms with E-state index in [-0.39, 0.29) is 41.7 Å². The first-order chi connectivity index (χ1) is 13.5. The molecule has 0 radical (unpaired) electrons. The zero-order valence-corrected chi connectivity index (χ0v) is 19.6. The number of ether oxygens (including phenoxy) is 1. The summed E-state index contributed by atoms with van der Waals surface area (Å²) >= 11 is 3.41. The van der Waals surface area contributed by atoms with Gasteiger partial charge in [0.05, 0.1) is 15.4 Å². The number of benzene rings is 2. The molecule has 1 aliphatic rings. The molecule has 4 rings (SSSR count). The highest BCUT2D eigenvalue weighted by molar-refractivity contribution is 9.10. The van der Waals surface area contributed by atoms with Crippen LogP contribution in [0.1, 0.15) is 5.56 Å². The van der Waals surface area contributed by atoms with E-state index in [1.807, 2.05) is 18.2 Å². The lowest BCUT2D eigenvalue weighted by atomic mass is 10.1. The number of piperazine rings is 1. The van der Waals surface area contributed by atoms with E-state index in [2.05, 4.69) is 32.8 Å². The third kappa shape index (κ3) is 5.10. The molecule has 9 heteroatoms. The summed E-state index contributed by atoms with van der Waals surface area (Å²) in [5, 5.41) is 10.8. The van der Waals surface area contributed by atoms with Gasteiger partial charge in [0, 0.05) is 32.7 Å². The van der Waals surface area contributed by atoms with Crippen molar-refractivity contribution < 1.29 is 14.3 Å². The molecular weight excluding hydrogens is 495 g/mol. The largest absolute Gasteiger partial charge is 0.507 e. The summed E-state index contributed by atoms with van der Waals surface area (Å²) in [6.45, 7) is 4.28. The van der Waals surface area contributed by atoms with E-state index in [0.29, 0.717) is 28.8 Å². The Hall–Kier alpha value is -1.77. The van der Waals surface area contributed by atoms with Crippen LogP contribution in [-0.2, 0) is 6.54 Å². The molecular formula is C21H23BrCl2N2O4. The molecule has 1 aromatic heterocycles. The number of likely N-dealkylation sites (N-methyl/N-ethyl adjacent to an activating group) is 1. The molecule has 0 bridgehead atoms. The molecule has 0 atom stereocenters. The number of rotatable bonds is 4. The van der Waals surface area contributed by atoms with Gasteiger partial charge >= 0.3 is 0 Å². The van der Waals surface area contributed by atoms with Crippen molar-refractivity contribution in [2.24, 2.45) is 0 Å². The zero-order chi connectivity index (χ0) is 19.7. The van der Waals surface area contributed by atoms with Crippen LogP contribution in [0.25, 0.3) is 11.0 Å². The van der Waals surface area contributed by atoms with Gasteiger partial charge in [-0.05, 0) is 47.2 Å². The van der Waals surface area contributed by atoms with Crippen molar-refractivity contribution in [3.8, 4) is 17.2 Å². The van der Waals surface area contributed by atoms with Gasteiger partial charge in [0.25, 0.3) is 0 Å². The quantitative estimate of drug-likeness (QED) is 0.543. The van der Waals surface area contributed by atoms with E-state index in [4.69, 9.17) is 9.15 Å².